The fraction of sp³-hybridized carbons (Fsp3) is 0.750. The van der Waals surface area contributed by atoms with Crippen molar-refractivity contribution >= 4 is 11.3 Å². The second-order valence-corrected chi connectivity index (χ2v) is 5.29. The molecule has 0 aromatic carbocycles. The van der Waals surface area contributed by atoms with E-state index < -0.39 is 0 Å². The molecule has 0 amide bonds. The van der Waals surface area contributed by atoms with Crippen LogP contribution in [0.4, 0.5) is 0 Å². The standard InChI is InChI=1S/C12H22N2S/c1-5-13-7-10(3)9(2)6-12-14-11(4)8-15-12/h8-10,13H,5-7H2,1-4H3. The van der Waals surface area contributed by atoms with Crippen LogP contribution in [0.25, 0.3) is 0 Å². The van der Waals surface area contributed by atoms with Crippen molar-refractivity contribution in [2.24, 2.45) is 11.8 Å². The number of hydrogen-bond donors (Lipinski definition) is 1. The van der Waals surface area contributed by atoms with Crippen molar-refractivity contribution in [1.29, 1.82) is 0 Å². The van der Waals surface area contributed by atoms with Gasteiger partial charge in [-0.3, -0.25) is 0 Å². The van der Waals surface area contributed by atoms with Crippen molar-refractivity contribution in [2.45, 2.75) is 34.1 Å². The van der Waals surface area contributed by atoms with E-state index in [4.69, 9.17) is 0 Å². The predicted octanol–water partition coefficient (Wildman–Crippen LogP) is 2.88. The molecule has 0 aliphatic heterocycles. The van der Waals surface area contributed by atoms with E-state index in [1.54, 1.807) is 11.3 Å². The third-order valence-electron chi connectivity index (χ3n) is 2.85. The summed E-state index contributed by atoms with van der Waals surface area (Å²) in [5.41, 5.74) is 1.15. The van der Waals surface area contributed by atoms with Crippen molar-refractivity contribution in [3.8, 4) is 0 Å². The van der Waals surface area contributed by atoms with Gasteiger partial charge in [0.1, 0.15) is 0 Å². The molecule has 2 nitrogen and oxygen atoms in total. The molecule has 0 saturated heterocycles. The Bertz CT molecular complexity index is 283. The molecule has 0 aliphatic carbocycles. The second-order valence-electron chi connectivity index (χ2n) is 4.35. The van der Waals surface area contributed by atoms with E-state index in [-0.39, 0.29) is 0 Å². The van der Waals surface area contributed by atoms with Crippen LogP contribution < -0.4 is 5.32 Å². The lowest BCUT2D eigenvalue weighted by Crippen LogP contribution is -2.25. The summed E-state index contributed by atoms with van der Waals surface area (Å²) in [4.78, 5) is 4.51. The Hall–Kier alpha value is -0.410. The van der Waals surface area contributed by atoms with Crippen LogP contribution in [0.1, 0.15) is 31.5 Å². The van der Waals surface area contributed by atoms with E-state index >= 15 is 0 Å². The normalized spacial score (nSPS) is 15.2. The third kappa shape index (κ3) is 4.31. The molecule has 1 aromatic rings. The lowest BCUT2D eigenvalue weighted by Gasteiger charge is -2.18. The van der Waals surface area contributed by atoms with Crippen molar-refractivity contribution < 1.29 is 0 Å². The first kappa shape index (κ1) is 12.7. The van der Waals surface area contributed by atoms with Gasteiger partial charge in [0.2, 0.25) is 0 Å². The van der Waals surface area contributed by atoms with Crippen LogP contribution in [0.2, 0.25) is 0 Å². The number of aromatic nitrogens is 1. The highest BCUT2D eigenvalue weighted by atomic mass is 32.1. The van der Waals surface area contributed by atoms with E-state index in [1.807, 2.05) is 0 Å². The summed E-state index contributed by atoms with van der Waals surface area (Å²) in [6, 6.07) is 0. The molecular formula is C12H22N2S. The molecule has 0 radical (unpaired) electrons. The van der Waals surface area contributed by atoms with Crippen molar-refractivity contribution in [1.82, 2.24) is 10.3 Å². The average molecular weight is 226 g/mol. The van der Waals surface area contributed by atoms with E-state index in [2.05, 4.69) is 43.4 Å². The zero-order valence-electron chi connectivity index (χ0n) is 10.2. The first-order valence-corrected chi connectivity index (χ1v) is 6.63. The van der Waals surface area contributed by atoms with Gasteiger partial charge < -0.3 is 5.32 Å². The van der Waals surface area contributed by atoms with E-state index in [0.717, 1.165) is 25.2 Å². The molecule has 0 spiro atoms. The maximum atomic E-state index is 4.51. The van der Waals surface area contributed by atoms with Gasteiger partial charge in [-0.05, 0) is 31.8 Å². The van der Waals surface area contributed by atoms with E-state index in [1.165, 1.54) is 5.01 Å². The largest absolute Gasteiger partial charge is 0.317 e. The van der Waals surface area contributed by atoms with Gasteiger partial charge in [0.05, 0.1) is 5.01 Å². The summed E-state index contributed by atoms with van der Waals surface area (Å²) in [6.45, 7) is 11.0. The van der Waals surface area contributed by atoms with Crippen LogP contribution >= 0.6 is 11.3 Å². The lowest BCUT2D eigenvalue weighted by atomic mass is 9.93. The molecule has 1 rings (SSSR count). The number of nitrogens with one attached hydrogen (secondary N) is 1. The van der Waals surface area contributed by atoms with Gasteiger partial charge in [0, 0.05) is 17.5 Å². The Morgan fingerprint density at radius 1 is 1.40 bits per heavy atom. The maximum absolute atomic E-state index is 4.51. The van der Waals surface area contributed by atoms with Crippen LogP contribution in [-0.4, -0.2) is 18.1 Å². The summed E-state index contributed by atoms with van der Waals surface area (Å²) < 4.78 is 0. The summed E-state index contributed by atoms with van der Waals surface area (Å²) in [7, 11) is 0. The fourth-order valence-corrected chi connectivity index (χ4v) is 2.46. The molecule has 15 heavy (non-hydrogen) atoms. The average Bonchev–Trinajstić information content (AvgIpc) is 2.60. The van der Waals surface area contributed by atoms with Crippen LogP contribution in [0.3, 0.4) is 0 Å². The van der Waals surface area contributed by atoms with E-state index in [0.29, 0.717) is 11.8 Å². The number of aryl methyl sites for hydroxylation is 1. The quantitative estimate of drug-likeness (QED) is 0.807. The Labute approximate surface area is 97.1 Å². The summed E-state index contributed by atoms with van der Waals surface area (Å²) in [5, 5.41) is 6.82. The number of rotatable bonds is 6. The molecule has 2 atom stereocenters. The third-order valence-corrected chi connectivity index (χ3v) is 3.84. The molecule has 1 heterocycles. The van der Waals surface area contributed by atoms with Gasteiger partial charge in [-0.25, -0.2) is 4.98 Å². The smallest absolute Gasteiger partial charge is 0.0930 e. The highest BCUT2D eigenvalue weighted by Gasteiger charge is 2.13. The van der Waals surface area contributed by atoms with Gasteiger partial charge in [0.15, 0.2) is 0 Å². The topological polar surface area (TPSA) is 24.9 Å². The first-order chi connectivity index (χ1) is 7.13. The Kier molecular flexibility index (Phi) is 5.26. The molecule has 0 aliphatic rings. The molecule has 0 fully saturated rings. The van der Waals surface area contributed by atoms with Crippen LogP contribution in [0.15, 0.2) is 5.38 Å². The summed E-state index contributed by atoms with van der Waals surface area (Å²) in [6.07, 6.45) is 1.12. The first-order valence-electron chi connectivity index (χ1n) is 5.75. The Morgan fingerprint density at radius 3 is 2.67 bits per heavy atom. The monoisotopic (exact) mass is 226 g/mol. The summed E-state index contributed by atoms with van der Waals surface area (Å²) >= 11 is 1.79. The Balaban J connectivity index is 2.37. The molecular weight excluding hydrogens is 204 g/mol. The maximum Gasteiger partial charge on any atom is 0.0930 e. The number of nitrogens with zero attached hydrogens (tertiary/aromatic N) is 1. The van der Waals surface area contributed by atoms with Crippen LogP contribution in [-0.2, 0) is 6.42 Å². The minimum Gasteiger partial charge on any atom is -0.317 e. The minimum atomic E-state index is 0.703. The van der Waals surface area contributed by atoms with E-state index in [9.17, 15) is 0 Å². The van der Waals surface area contributed by atoms with Crippen LogP contribution in [0, 0.1) is 18.8 Å². The molecule has 0 saturated carbocycles. The van der Waals surface area contributed by atoms with Gasteiger partial charge in [-0.1, -0.05) is 20.8 Å². The van der Waals surface area contributed by atoms with Gasteiger partial charge in [-0.15, -0.1) is 11.3 Å². The Morgan fingerprint density at radius 2 is 2.13 bits per heavy atom. The summed E-state index contributed by atoms with van der Waals surface area (Å²) in [5.74, 6) is 1.42. The minimum absolute atomic E-state index is 0.703. The number of thiazole rings is 1. The zero-order valence-corrected chi connectivity index (χ0v) is 11.0. The van der Waals surface area contributed by atoms with Crippen molar-refractivity contribution in [3.63, 3.8) is 0 Å². The highest BCUT2D eigenvalue weighted by Crippen LogP contribution is 2.19. The second kappa shape index (κ2) is 6.23. The fourth-order valence-electron chi connectivity index (χ4n) is 1.55. The molecule has 1 aromatic heterocycles. The number of hydrogen-bond acceptors (Lipinski definition) is 3. The van der Waals surface area contributed by atoms with Gasteiger partial charge in [0.25, 0.3) is 0 Å². The van der Waals surface area contributed by atoms with Gasteiger partial charge >= 0.3 is 0 Å². The lowest BCUT2D eigenvalue weighted by molar-refractivity contribution is 0.368. The van der Waals surface area contributed by atoms with Gasteiger partial charge in [-0.2, -0.15) is 0 Å². The zero-order chi connectivity index (χ0) is 11.3. The van der Waals surface area contributed by atoms with Crippen LogP contribution in [0.5, 0.6) is 0 Å². The molecule has 86 valence electrons. The molecule has 3 heteroatoms. The molecule has 2 unspecified atom stereocenters. The predicted molar refractivity (Wildman–Crippen MR) is 67.4 cm³/mol. The molecule has 0 bridgehead atoms. The van der Waals surface area contributed by atoms with Crippen molar-refractivity contribution in [3.05, 3.63) is 16.1 Å². The highest BCUT2D eigenvalue weighted by molar-refractivity contribution is 7.09. The molecule has 1 N–H and O–H groups in total. The SMILES string of the molecule is CCNCC(C)C(C)Cc1nc(C)cs1. The van der Waals surface area contributed by atoms with Crippen molar-refractivity contribution in [2.75, 3.05) is 13.1 Å².